The number of likely N-dealkylation sites (N-methyl/N-ethyl adjacent to an activating group) is 2. The summed E-state index contributed by atoms with van der Waals surface area (Å²) in [4.78, 5) is 69.5. The number of benzene rings is 1. The van der Waals surface area contributed by atoms with Gasteiger partial charge in [0.2, 0.25) is 11.8 Å². The Labute approximate surface area is 292 Å². The van der Waals surface area contributed by atoms with Gasteiger partial charge in [-0.2, -0.15) is 0 Å². The Kier molecular flexibility index (Phi) is 15.1. The van der Waals surface area contributed by atoms with Crippen molar-refractivity contribution in [3.05, 3.63) is 54.1 Å². The maximum Gasteiger partial charge on any atom is 0.411 e. The number of carbonyl (C=O) groups excluding carboxylic acids is 5. The van der Waals surface area contributed by atoms with E-state index in [0.29, 0.717) is 16.8 Å². The highest BCUT2D eigenvalue weighted by Crippen LogP contribution is 2.34. The number of hydrogen-bond donors (Lipinski definition) is 2. The molecule has 3 atom stereocenters. The standard InChI is InChI=1S/C37H58N4O8/c1-16-20-48-33(45)38-26-19-17-18-25(22-26)37(11,12)29(41(14)34(46)49-36(8,9)10)30(42)39-28(35(5,6)7)31(43)40(13)27(23(2)3)21-24(4)32(44)47-15/h16-19,21-23,27-29H,1,20H2,2-15H3,(H,38,45)(H,39,42)/b24-21+/t27-,28-,29-/m1/s1. The Morgan fingerprint density at radius 1 is 0.959 bits per heavy atom. The van der Waals surface area contributed by atoms with Gasteiger partial charge in [0.05, 0.1) is 13.2 Å². The summed E-state index contributed by atoms with van der Waals surface area (Å²) in [6.45, 7) is 23.3. The lowest BCUT2D eigenvalue weighted by Gasteiger charge is -2.42. The van der Waals surface area contributed by atoms with Gasteiger partial charge in [0, 0.05) is 30.8 Å². The van der Waals surface area contributed by atoms with Gasteiger partial charge in [0.25, 0.3) is 0 Å². The van der Waals surface area contributed by atoms with E-state index in [-0.39, 0.29) is 18.4 Å². The number of esters is 1. The number of anilines is 1. The number of rotatable bonds is 13. The number of nitrogens with zero attached hydrogens (tertiary/aromatic N) is 2. The number of nitrogens with one attached hydrogen (secondary N) is 2. The second-order valence-corrected chi connectivity index (χ2v) is 15.1. The van der Waals surface area contributed by atoms with E-state index in [4.69, 9.17) is 14.2 Å². The summed E-state index contributed by atoms with van der Waals surface area (Å²) in [5, 5.41) is 5.64. The van der Waals surface area contributed by atoms with E-state index in [9.17, 15) is 24.0 Å². The largest absolute Gasteiger partial charge is 0.466 e. The van der Waals surface area contributed by atoms with Crippen LogP contribution in [0.4, 0.5) is 15.3 Å². The molecule has 12 nitrogen and oxygen atoms in total. The van der Waals surface area contributed by atoms with Gasteiger partial charge in [0.1, 0.15) is 24.3 Å². The number of carbonyl (C=O) groups is 5. The van der Waals surface area contributed by atoms with Crippen LogP contribution >= 0.6 is 0 Å². The summed E-state index contributed by atoms with van der Waals surface area (Å²) < 4.78 is 15.6. The molecule has 0 aliphatic heterocycles. The third kappa shape index (κ3) is 12.2. The van der Waals surface area contributed by atoms with Crippen LogP contribution in [-0.4, -0.2) is 91.3 Å². The van der Waals surface area contributed by atoms with Crippen molar-refractivity contribution in [2.45, 2.75) is 105 Å². The number of hydrogen-bond acceptors (Lipinski definition) is 8. The Morgan fingerprint density at radius 2 is 1.55 bits per heavy atom. The molecule has 49 heavy (non-hydrogen) atoms. The SMILES string of the molecule is C=CCOC(=O)Nc1cccc(C(C)(C)[C@@H](C(=O)N[C@H](C(=O)N(C)[C@H](/C=C(\C)C(=O)OC)C(C)C)C(C)(C)C)N(C)C(=O)OC(C)(C)C)c1. The molecule has 0 aliphatic carbocycles. The highest BCUT2D eigenvalue weighted by Gasteiger charge is 2.46. The van der Waals surface area contributed by atoms with Crippen LogP contribution in [0.25, 0.3) is 0 Å². The summed E-state index contributed by atoms with van der Waals surface area (Å²) in [7, 11) is 4.40. The fraction of sp³-hybridized carbons (Fsp3) is 0.595. The van der Waals surface area contributed by atoms with Crippen molar-refractivity contribution < 1.29 is 38.2 Å². The van der Waals surface area contributed by atoms with Gasteiger partial charge in [-0.1, -0.05) is 79.3 Å². The molecule has 0 saturated carbocycles. The molecule has 0 heterocycles. The van der Waals surface area contributed by atoms with E-state index < -0.39 is 58.6 Å². The zero-order chi connectivity index (χ0) is 38.1. The Hall–Kier alpha value is -4.35. The Balaban J connectivity index is 3.71. The topological polar surface area (TPSA) is 144 Å². The molecule has 0 spiro atoms. The maximum atomic E-state index is 14.5. The zero-order valence-corrected chi connectivity index (χ0v) is 31.8. The predicted molar refractivity (Wildman–Crippen MR) is 191 cm³/mol. The first kappa shape index (κ1) is 42.7. The predicted octanol–water partition coefficient (Wildman–Crippen LogP) is 6.07. The Morgan fingerprint density at radius 3 is 2.04 bits per heavy atom. The van der Waals surface area contributed by atoms with Crippen LogP contribution in [0.3, 0.4) is 0 Å². The normalized spacial score (nSPS) is 14.1. The summed E-state index contributed by atoms with van der Waals surface area (Å²) in [6.07, 6.45) is 1.72. The number of amides is 4. The lowest BCUT2D eigenvalue weighted by atomic mass is 9.76. The first-order chi connectivity index (χ1) is 22.4. The summed E-state index contributed by atoms with van der Waals surface area (Å²) >= 11 is 0. The monoisotopic (exact) mass is 686 g/mol. The van der Waals surface area contributed by atoms with E-state index in [1.54, 1.807) is 78.9 Å². The fourth-order valence-corrected chi connectivity index (χ4v) is 5.33. The molecule has 274 valence electrons. The van der Waals surface area contributed by atoms with Gasteiger partial charge >= 0.3 is 18.2 Å². The van der Waals surface area contributed by atoms with Crippen LogP contribution in [0.5, 0.6) is 0 Å². The van der Waals surface area contributed by atoms with Crippen molar-refractivity contribution in [1.82, 2.24) is 15.1 Å². The molecule has 0 unspecified atom stereocenters. The smallest absolute Gasteiger partial charge is 0.411 e. The molecule has 0 aromatic heterocycles. The van der Waals surface area contributed by atoms with Crippen molar-refractivity contribution in [3.8, 4) is 0 Å². The van der Waals surface area contributed by atoms with E-state index in [0.717, 1.165) is 0 Å². The Bertz CT molecular complexity index is 1390. The third-order valence-electron chi connectivity index (χ3n) is 7.99. The molecule has 0 aliphatic rings. The van der Waals surface area contributed by atoms with Gasteiger partial charge in [-0.05, 0) is 56.7 Å². The molecule has 0 radical (unpaired) electrons. The first-order valence-corrected chi connectivity index (χ1v) is 16.3. The van der Waals surface area contributed by atoms with Crippen molar-refractivity contribution in [2.75, 3.05) is 33.1 Å². The molecule has 1 rings (SSSR count). The zero-order valence-electron chi connectivity index (χ0n) is 31.8. The van der Waals surface area contributed by atoms with Gasteiger partial charge in [0.15, 0.2) is 0 Å². The minimum Gasteiger partial charge on any atom is -0.466 e. The van der Waals surface area contributed by atoms with Gasteiger partial charge in [-0.3, -0.25) is 19.8 Å². The maximum absolute atomic E-state index is 14.5. The second-order valence-electron chi connectivity index (χ2n) is 15.1. The lowest BCUT2D eigenvalue weighted by molar-refractivity contribution is -0.142. The van der Waals surface area contributed by atoms with Crippen molar-refractivity contribution in [2.24, 2.45) is 11.3 Å². The van der Waals surface area contributed by atoms with E-state index in [1.165, 1.54) is 30.0 Å². The summed E-state index contributed by atoms with van der Waals surface area (Å²) in [6, 6.07) is 4.17. The number of methoxy groups -OCH3 is 1. The highest BCUT2D eigenvalue weighted by atomic mass is 16.6. The second kappa shape index (κ2) is 17.3. The van der Waals surface area contributed by atoms with Gasteiger partial charge in [-0.15, -0.1) is 0 Å². The first-order valence-electron chi connectivity index (χ1n) is 16.3. The molecular weight excluding hydrogens is 628 g/mol. The molecule has 2 N–H and O–H groups in total. The quantitative estimate of drug-likeness (QED) is 0.110. The van der Waals surface area contributed by atoms with Crippen molar-refractivity contribution >= 4 is 35.7 Å². The molecule has 1 aromatic rings. The average Bonchev–Trinajstić information content (AvgIpc) is 2.98. The average molecular weight is 687 g/mol. The van der Waals surface area contributed by atoms with E-state index in [1.807, 2.05) is 34.6 Å². The number of ether oxygens (including phenoxy) is 3. The van der Waals surface area contributed by atoms with E-state index >= 15 is 0 Å². The minimum absolute atomic E-state index is 0.0296. The van der Waals surface area contributed by atoms with Gasteiger partial charge < -0.3 is 24.4 Å². The van der Waals surface area contributed by atoms with Crippen LogP contribution in [0, 0.1) is 11.3 Å². The van der Waals surface area contributed by atoms with Crippen LogP contribution in [0.15, 0.2) is 48.6 Å². The molecule has 0 saturated heterocycles. The summed E-state index contributed by atoms with van der Waals surface area (Å²) in [5.41, 5.74) is -1.32. The molecule has 1 aromatic carbocycles. The molecule has 0 bridgehead atoms. The molecule has 4 amide bonds. The van der Waals surface area contributed by atoms with Crippen LogP contribution in [-0.2, 0) is 34.0 Å². The third-order valence-corrected chi connectivity index (χ3v) is 7.99. The van der Waals surface area contributed by atoms with Crippen LogP contribution in [0.2, 0.25) is 0 Å². The molecule has 12 heteroatoms. The van der Waals surface area contributed by atoms with Crippen molar-refractivity contribution in [1.29, 1.82) is 0 Å². The summed E-state index contributed by atoms with van der Waals surface area (Å²) in [5.74, 6) is -1.56. The molecular formula is C37H58N4O8. The lowest BCUT2D eigenvalue weighted by Crippen LogP contribution is -2.63. The van der Waals surface area contributed by atoms with Crippen molar-refractivity contribution in [3.63, 3.8) is 0 Å². The molecule has 0 fully saturated rings. The van der Waals surface area contributed by atoms with Crippen LogP contribution < -0.4 is 10.6 Å². The minimum atomic E-state index is -1.18. The van der Waals surface area contributed by atoms with Crippen LogP contribution in [0.1, 0.15) is 81.7 Å². The van der Waals surface area contributed by atoms with E-state index in [2.05, 4.69) is 17.2 Å². The van der Waals surface area contributed by atoms with Gasteiger partial charge in [-0.25, -0.2) is 14.4 Å². The highest BCUT2D eigenvalue weighted by molar-refractivity contribution is 5.93. The fourth-order valence-electron chi connectivity index (χ4n) is 5.33.